The minimum atomic E-state index is -0.0551. The number of rotatable bonds is 4. The van der Waals surface area contributed by atoms with E-state index >= 15 is 0 Å². The molecule has 1 unspecified atom stereocenters. The number of morpholine rings is 1. The average molecular weight is 237 g/mol. The molecule has 0 aromatic heterocycles. The van der Waals surface area contributed by atoms with Crippen LogP contribution in [0.15, 0.2) is 24.3 Å². The van der Waals surface area contributed by atoms with Gasteiger partial charge < -0.3 is 14.9 Å². The molecule has 0 bridgehead atoms. The van der Waals surface area contributed by atoms with Crippen LogP contribution in [0.4, 0.5) is 0 Å². The van der Waals surface area contributed by atoms with Crippen molar-refractivity contribution >= 4 is 0 Å². The molecule has 0 radical (unpaired) electrons. The zero-order valence-electron chi connectivity index (χ0n) is 9.88. The molecule has 0 aliphatic carbocycles. The molecular formula is C13H19NO3. The maximum atomic E-state index is 9.06. The zero-order valence-corrected chi connectivity index (χ0v) is 9.88. The molecule has 4 heteroatoms. The summed E-state index contributed by atoms with van der Waals surface area (Å²) < 4.78 is 5.41. The molecule has 4 nitrogen and oxygen atoms in total. The lowest BCUT2D eigenvalue weighted by molar-refractivity contribution is -0.0551. The van der Waals surface area contributed by atoms with Gasteiger partial charge in [-0.2, -0.15) is 0 Å². The second-order valence-corrected chi connectivity index (χ2v) is 4.39. The van der Waals surface area contributed by atoms with Crippen LogP contribution in [0, 0.1) is 0 Å². The molecule has 1 atom stereocenters. The van der Waals surface area contributed by atoms with Crippen LogP contribution < -0.4 is 0 Å². The maximum absolute atomic E-state index is 9.06. The van der Waals surface area contributed by atoms with E-state index in [1.165, 1.54) is 5.56 Å². The highest BCUT2D eigenvalue weighted by Crippen LogP contribution is 2.11. The molecule has 1 saturated heterocycles. The van der Waals surface area contributed by atoms with E-state index in [4.69, 9.17) is 14.9 Å². The Balaban J connectivity index is 1.90. The van der Waals surface area contributed by atoms with Crippen LogP contribution >= 0.6 is 0 Å². The maximum Gasteiger partial charge on any atom is 0.0933 e. The van der Waals surface area contributed by atoms with Crippen molar-refractivity contribution in [3.63, 3.8) is 0 Å². The first-order valence-corrected chi connectivity index (χ1v) is 5.95. The standard InChI is InChI=1S/C13H19NO3/c15-9-12-3-1-11(2-4-12)7-14-5-6-17-13(8-14)10-16/h1-4,13,15-16H,5-10H2. The van der Waals surface area contributed by atoms with E-state index in [1.807, 2.05) is 24.3 Å². The van der Waals surface area contributed by atoms with Crippen molar-refractivity contribution in [2.45, 2.75) is 19.3 Å². The van der Waals surface area contributed by atoms with E-state index in [2.05, 4.69) is 4.90 Å². The zero-order chi connectivity index (χ0) is 12.1. The minimum absolute atomic E-state index is 0.0551. The normalized spacial score (nSPS) is 21.6. The van der Waals surface area contributed by atoms with Gasteiger partial charge in [0.15, 0.2) is 0 Å². The van der Waals surface area contributed by atoms with E-state index in [1.54, 1.807) is 0 Å². The SMILES string of the molecule is OCc1ccc(CN2CCOC(CO)C2)cc1. The van der Waals surface area contributed by atoms with Crippen molar-refractivity contribution in [3.05, 3.63) is 35.4 Å². The Morgan fingerprint density at radius 2 is 1.88 bits per heavy atom. The fraction of sp³-hybridized carbons (Fsp3) is 0.538. The second kappa shape index (κ2) is 6.12. The van der Waals surface area contributed by atoms with Crippen molar-refractivity contribution in [1.82, 2.24) is 4.90 Å². The van der Waals surface area contributed by atoms with Gasteiger partial charge in [-0.15, -0.1) is 0 Å². The summed E-state index contributed by atoms with van der Waals surface area (Å²) in [5.74, 6) is 0. The largest absolute Gasteiger partial charge is 0.394 e. The highest BCUT2D eigenvalue weighted by atomic mass is 16.5. The Hall–Kier alpha value is -0.940. The summed E-state index contributed by atoms with van der Waals surface area (Å²) >= 11 is 0. The Morgan fingerprint density at radius 3 is 2.53 bits per heavy atom. The topological polar surface area (TPSA) is 52.9 Å². The Bertz CT molecular complexity index is 339. The van der Waals surface area contributed by atoms with Gasteiger partial charge in [-0.3, -0.25) is 4.90 Å². The molecule has 1 aliphatic heterocycles. The van der Waals surface area contributed by atoms with E-state index in [0.717, 1.165) is 25.2 Å². The van der Waals surface area contributed by atoms with Crippen LogP contribution in [-0.2, 0) is 17.9 Å². The molecule has 1 heterocycles. The molecule has 17 heavy (non-hydrogen) atoms. The smallest absolute Gasteiger partial charge is 0.0933 e. The average Bonchev–Trinajstić information content (AvgIpc) is 2.40. The first-order chi connectivity index (χ1) is 8.31. The van der Waals surface area contributed by atoms with Gasteiger partial charge in [0, 0.05) is 19.6 Å². The molecule has 2 N–H and O–H groups in total. The number of ether oxygens (including phenoxy) is 1. The molecule has 2 rings (SSSR count). The van der Waals surface area contributed by atoms with Gasteiger partial charge in [-0.05, 0) is 11.1 Å². The molecule has 1 aromatic rings. The summed E-state index contributed by atoms with van der Waals surface area (Å²) in [4.78, 5) is 2.28. The summed E-state index contributed by atoms with van der Waals surface area (Å²) in [6.45, 7) is 3.40. The molecule has 0 spiro atoms. The fourth-order valence-corrected chi connectivity index (χ4v) is 2.04. The van der Waals surface area contributed by atoms with Gasteiger partial charge in [0.1, 0.15) is 0 Å². The number of nitrogens with zero attached hydrogens (tertiary/aromatic N) is 1. The highest BCUT2D eigenvalue weighted by molar-refractivity contribution is 5.21. The monoisotopic (exact) mass is 237 g/mol. The quantitative estimate of drug-likeness (QED) is 0.794. The number of aliphatic hydroxyl groups is 2. The predicted molar refractivity (Wildman–Crippen MR) is 64.5 cm³/mol. The van der Waals surface area contributed by atoms with Gasteiger partial charge in [0.2, 0.25) is 0 Å². The third kappa shape index (κ3) is 3.51. The van der Waals surface area contributed by atoms with Crippen LogP contribution in [-0.4, -0.2) is 47.5 Å². The van der Waals surface area contributed by atoms with Crippen LogP contribution in [0.3, 0.4) is 0 Å². The van der Waals surface area contributed by atoms with Gasteiger partial charge in [0.05, 0.1) is 25.9 Å². The lowest BCUT2D eigenvalue weighted by Crippen LogP contribution is -2.43. The van der Waals surface area contributed by atoms with Crippen LogP contribution in [0.2, 0.25) is 0 Å². The third-order valence-corrected chi connectivity index (χ3v) is 3.04. The summed E-state index contributed by atoms with van der Waals surface area (Å²) in [6.07, 6.45) is -0.0551. The molecule has 0 saturated carbocycles. The van der Waals surface area contributed by atoms with E-state index < -0.39 is 0 Å². The number of aliphatic hydroxyl groups excluding tert-OH is 2. The summed E-state index contributed by atoms with van der Waals surface area (Å²) in [7, 11) is 0. The Kier molecular flexibility index (Phi) is 4.50. The second-order valence-electron chi connectivity index (χ2n) is 4.39. The number of hydrogen-bond acceptors (Lipinski definition) is 4. The molecule has 0 amide bonds. The molecule has 1 aromatic carbocycles. The fourth-order valence-electron chi connectivity index (χ4n) is 2.04. The van der Waals surface area contributed by atoms with Gasteiger partial charge >= 0.3 is 0 Å². The van der Waals surface area contributed by atoms with Crippen molar-refractivity contribution < 1.29 is 14.9 Å². The van der Waals surface area contributed by atoms with Crippen LogP contribution in [0.25, 0.3) is 0 Å². The number of benzene rings is 1. The summed E-state index contributed by atoms with van der Waals surface area (Å²) in [5, 5.41) is 18.0. The lowest BCUT2D eigenvalue weighted by atomic mass is 10.1. The first-order valence-electron chi connectivity index (χ1n) is 5.95. The Morgan fingerprint density at radius 1 is 1.18 bits per heavy atom. The van der Waals surface area contributed by atoms with Gasteiger partial charge in [0.25, 0.3) is 0 Å². The van der Waals surface area contributed by atoms with Crippen LogP contribution in [0.1, 0.15) is 11.1 Å². The third-order valence-electron chi connectivity index (χ3n) is 3.04. The molecule has 94 valence electrons. The van der Waals surface area contributed by atoms with E-state index in [-0.39, 0.29) is 19.3 Å². The molecular weight excluding hydrogens is 218 g/mol. The van der Waals surface area contributed by atoms with Gasteiger partial charge in [-0.25, -0.2) is 0 Å². The van der Waals surface area contributed by atoms with Crippen molar-refractivity contribution in [2.24, 2.45) is 0 Å². The lowest BCUT2D eigenvalue weighted by Gasteiger charge is -2.32. The summed E-state index contributed by atoms with van der Waals surface area (Å²) in [5.41, 5.74) is 2.16. The van der Waals surface area contributed by atoms with Crippen molar-refractivity contribution in [1.29, 1.82) is 0 Å². The predicted octanol–water partition coefficient (Wildman–Crippen LogP) is 0.372. The molecule has 1 aliphatic rings. The highest BCUT2D eigenvalue weighted by Gasteiger charge is 2.19. The first kappa shape index (κ1) is 12.5. The van der Waals surface area contributed by atoms with Crippen molar-refractivity contribution in [3.8, 4) is 0 Å². The molecule has 1 fully saturated rings. The van der Waals surface area contributed by atoms with Crippen molar-refractivity contribution in [2.75, 3.05) is 26.3 Å². The number of hydrogen-bond donors (Lipinski definition) is 2. The van der Waals surface area contributed by atoms with Gasteiger partial charge in [-0.1, -0.05) is 24.3 Å². The Labute approximate surface area is 101 Å². The minimum Gasteiger partial charge on any atom is -0.394 e. The summed E-state index contributed by atoms with van der Waals surface area (Å²) in [6, 6.07) is 7.96. The van der Waals surface area contributed by atoms with E-state index in [0.29, 0.717) is 6.61 Å². The van der Waals surface area contributed by atoms with E-state index in [9.17, 15) is 0 Å². The van der Waals surface area contributed by atoms with Crippen LogP contribution in [0.5, 0.6) is 0 Å².